The highest BCUT2D eigenvalue weighted by molar-refractivity contribution is 7.98. The Hall–Kier alpha value is -2.66. The Kier molecular flexibility index (Phi) is 7.04. The molecule has 9 heteroatoms. The zero-order chi connectivity index (χ0) is 20.8. The second-order valence-corrected chi connectivity index (χ2v) is 7.60. The number of nitrogen functional groups attached to an aromatic ring is 1. The number of aromatic nitrogens is 2. The number of thioether (sulfide) groups is 1. The van der Waals surface area contributed by atoms with Crippen LogP contribution >= 0.6 is 35.0 Å². The molecule has 0 atom stereocenters. The Bertz CT molecular complexity index is 1060. The lowest BCUT2D eigenvalue weighted by atomic mass is 10.2. The lowest BCUT2D eigenvalue weighted by Crippen LogP contribution is -2.08. The molecule has 0 spiro atoms. The topological polar surface area (TPSA) is 94.1 Å². The summed E-state index contributed by atoms with van der Waals surface area (Å²) in [4.78, 5) is 8.66. The molecule has 3 aromatic rings. The van der Waals surface area contributed by atoms with Gasteiger partial charge in [-0.05, 0) is 42.0 Å². The molecule has 148 valence electrons. The molecule has 0 amide bonds. The smallest absolute Gasteiger partial charge is 0.190 e. The molecule has 2 aromatic carbocycles. The Morgan fingerprint density at radius 3 is 2.48 bits per heavy atom. The lowest BCUT2D eigenvalue weighted by Gasteiger charge is -2.11. The number of ether oxygens (including phenoxy) is 2. The predicted molar refractivity (Wildman–Crippen MR) is 115 cm³/mol. The van der Waals surface area contributed by atoms with E-state index < -0.39 is 0 Å². The van der Waals surface area contributed by atoms with Crippen LogP contribution in [0.3, 0.4) is 0 Å². The highest BCUT2D eigenvalue weighted by Gasteiger charge is 2.14. The lowest BCUT2D eigenvalue weighted by molar-refractivity contribution is 0.299. The van der Waals surface area contributed by atoms with Crippen LogP contribution in [-0.2, 0) is 12.4 Å². The Labute approximate surface area is 182 Å². The molecule has 0 bridgehead atoms. The van der Waals surface area contributed by atoms with Crippen LogP contribution in [0, 0.1) is 11.3 Å². The summed E-state index contributed by atoms with van der Waals surface area (Å²) in [7, 11) is 1.59. The van der Waals surface area contributed by atoms with Crippen LogP contribution in [0.25, 0.3) is 0 Å². The third-order valence-corrected chi connectivity index (χ3v) is 5.39. The molecule has 1 aromatic heterocycles. The van der Waals surface area contributed by atoms with Crippen LogP contribution in [0.1, 0.15) is 16.8 Å². The molecule has 0 unspecified atom stereocenters. The highest BCUT2D eigenvalue weighted by atomic mass is 35.5. The van der Waals surface area contributed by atoms with E-state index in [-0.39, 0.29) is 18.0 Å². The van der Waals surface area contributed by atoms with Gasteiger partial charge in [0.2, 0.25) is 0 Å². The van der Waals surface area contributed by atoms with Crippen LogP contribution in [0.2, 0.25) is 10.0 Å². The fourth-order valence-electron chi connectivity index (χ4n) is 2.40. The summed E-state index contributed by atoms with van der Waals surface area (Å²) >= 11 is 13.5. The summed E-state index contributed by atoms with van der Waals surface area (Å²) in [6.45, 7) is 0.0806. The standard InChI is InChI=1S/C20H16Cl2N4O2S/c1-27-14-4-6-15(7-5-14)28-10-18-16(9-23)19(24)26-20(25-18)29-11-12-2-3-13(21)8-17(12)22/h2-8H,10-11H2,1H3,(H2,24,25,26). The number of rotatable bonds is 7. The van der Waals surface area contributed by atoms with Crippen molar-refractivity contribution in [2.45, 2.75) is 17.5 Å². The van der Waals surface area contributed by atoms with Crippen molar-refractivity contribution in [3.05, 3.63) is 69.3 Å². The van der Waals surface area contributed by atoms with Gasteiger partial charge in [0.1, 0.15) is 41.3 Å². The van der Waals surface area contributed by atoms with E-state index in [2.05, 4.69) is 9.97 Å². The fraction of sp³-hybridized carbons (Fsp3) is 0.150. The van der Waals surface area contributed by atoms with Crippen LogP contribution < -0.4 is 15.2 Å². The van der Waals surface area contributed by atoms with Crippen LogP contribution in [0.15, 0.2) is 47.6 Å². The quantitative estimate of drug-likeness (QED) is 0.397. The minimum atomic E-state index is 0.0806. The summed E-state index contributed by atoms with van der Waals surface area (Å²) in [6.07, 6.45) is 0. The van der Waals surface area contributed by atoms with Gasteiger partial charge in [-0.2, -0.15) is 5.26 Å². The largest absolute Gasteiger partial charge is 0.497 e. The van der Waals surface area contributed by atoms with E-state index in [0.29, 0.717) is 32.4 Å². The highest BCUT2D eigenvalue weighted by Crippen LogP contribution is 2.28. The number of nitriles is 1. The molecule has 29 heavy (non-hydrogen) atoms. The zero-order valence-corrected chi connectivity index (χ0v) is 17.7. The number of nitrogens with two attached hydrogens (primary N) is 1. The number of halogens is 2. The number of benzene rings is 2. The summed E-state index contributed by atoms with van der Waals surface area (Å²) in [5.41, 5.74) is 7.47. The van der Waals surface area contributed by atoms with E-state index >= 15 is 0 Å². The molecule has 0 aliphatic carbocycles. The molecule has 3 rings (SSSR count). The molecule has 6 nitrogen and oxygen atoms in total. The zero-order valence-electron chi connectivity index (χ0n) is 15.4. The summed E-state index contributed by atoms with van der Waals surface area (Å²) in [6, 6.07) is 14.4. The van der Waals surface area contributed by atoms with E-state index in [1.54, 1.807) is 43.5 Å². The third kappa shape index (κ3) is 5.45. The number of hydrogen-bond acceptors (Lipinski definition) is 7. The first-order chi connectivity index (χ1) is 14.0. The van der Waals surface area contributed by atoms with Crippen LogP contribution in [0.4, 0.5) is 5.82 Å². The van der Waals surface area contributed by atoms with Gasteiger partial charge in [0.05, 0.1) is 7.11 Å². The second-order valence-electron chi connectivity index (χ2n) is 5.81. The van der Waals surface area contributed by atoms with Crippen molar-refractivity contribution in [1.29, 1.82) is 5.26 Å². The first-order valence-electron chi connectivity index (χ1n) is 8.40. The first kappa shape index (κ1) is 21.1. The Morgan fingerprint density at radius 1 is 1.10 bits per heavy atom. The normalized spacial score (nSPS) is 10.4. The van der Waals surface area contributed by atoms with Crippen molar-refractivity contribution in [2.24, 2.45) is 0 Å². The van der Waals surface area contributed by atoms with Gasteiger partial charge in [-0.25, -0.2) is 9.97 Å². The fourth-order valence-corrected chi connectivity index (χ4v) is 3.83. The van der Waals surface area contributed by atoms with Crippen molar-refractivity contribution in [3.63, 3.8) is 0 Å². The monoisotopic (exact) mass is 446 g/mol. The molecule has 0 saturated carbocycles. The summed E-state index contributed by atoms with van der Waals surface area (Å²) < 4.78 is 10.9. The number of hydrogen-bond donors (Lipinski definition) is 1. The summed E-state index contributed by atoms with van der Waals surface area (Å²) in [5, 5.41) is 11.0. The van der Waals surface area contributed by atoms with Gasteiger partial charge in [0, 0.05) is 15.8 Å². The molecule has 0 aliphatic rings. The maximum Gasteiger partial charge on any atom is 0.190 e. The second kappa shape index (κ2) is 9.70. The first-order valence-corrected chi connectivity index (χ1v) is 10.1. The molecule has 0 saturated heterocycles. The van der Waals surface area contributed by atoms with Gasteiger partial charge in [-0.15, -0.1) is 0 Å². The predicted octanol–water partition coefficient (Wildman–Crippen LogP) is 5.12. The van der Waals surface area contributed by atoms with Gasteiger partial charge >= 0.3 is 0 Å². The molecule has 0 fully saturated rings. The Balaban J connectivity index is 1.75. The number of methoxy groups -OCH3 is 1. The van der Waals surface area contributed by atoms with Crippen LogP contribution in [0.5, 0.6) is 11.5 Å². The third-order valence-electron chi connectivity index (χ3n) is 3.91. The minimum absolute atomic E-state index is 0.0806. The minimum Gasteiger partial charge on any atom is -0.497 e. The van der Waals surface area contributed by atoms with Crippen molar-refractivity contribution in [2.75, 3.05) is 12.8 Å². The van der Waals surface area contributed by atoms with Crippen LogP contribution in [-0.4, -0.2) is 17.1 Å². The number of anilines is 1. The molecular formula is C20H16Cl2N4O2S. The van der Waals surface area contributed by atoms with E-state index in [1.165, 1.54) is 11.8 Å². The van der Waals surface area contributed by atoms with E-state index in [1.807, 2.05) is 12.1 Å². The molecule has 2 N–H and O–H groups in total. The maximum absolute atomic E-state index is 9.41. The van der Waals surface area contributed by atoms with Crippen molar-refractivity contribution in [3.8, 4) is 17.6 Å². The van der Waals surface area contributed by atoms with Crippen molar-refractivity contribution >= 4 is 40.8 Å². The average molecular weight is 447 g/mol. The molecular weight excluding hydrogens is 431 g/mol. The average Bonchev–Trinajstić information content (AvgIpc) is 2.71. The SMILES string of the molecule is COc1ccc(OCc2nc(SCc3ccc(Cl)cc3Cl)nc(N)c2C#N)cc1. The van der Waals surface area contributed by atoms with E-state index in [4.69, 9.17) is 38.4 Å². The summed E-state index contributed by atoms with van der Waals surface area (Å²) in [5.74, 6) is 1.98. The molecule has 0 radical (unpaired) electrons. The maximum atomic E-state index is 9.41. The van der Waals surface area contributed by atoms with Gasteiger partial charge in [0.15, 0.2) is 5.16 Å². The Morgan fingerprint density at radius 2 is 1.83 bits per heavy atom. The molecule has 1 heterocycles. The van der Waals surface area contributed by atoms with E-state index in [9.17, 15) is 5.26 Å². The van der Waals surface area contributed by atoms with Crippen molar-refractivity contribution < 1.29 is 9.47 Å². The molecule has 0 aliphatic heterocycles. The number of nitrogens with zero attached hydrogens (tertiary/aromatic N) is 3. The van der Waals surface area contributed by atoms with E-state index in [0.717, 1.165) is 11.3 Å². The van der Waals surface area contributed by atoms with Gasteiger partial charge in [-0.3, -0.25) is 0 Å². The van der Waals surface area contributed by atoms with Gasteiger partial charge in [-0.1, -0.05) is 41.0 Å². The van der Waals surface area contributed by atoms with Crippen molar-refractivity contribution in [1.82, 2.24) is 9.97 Å². The van der Waals surface area contributed by atoms with Gasteiger partial charge in [0.25, 0.3) is 0 Å². The van der Waals surface area contributed by atoms with Gasteiger partial charge < -0.3 is 15.2 Å².